The Bertz CT molecular complexity index is 3000. The fraction of sp³-hybridized carbons (Fsp3) is 0.370. The summed E-state index contributed by atoms with van der Waals surface area (Å²) in [5.41, 5.74) is 7.34. The number of nitro groups is 1. The molecule has 0 N–H and O–H groups in total. The topological polar surface area (TPSA) is 131 Å². The zero-order chi connectivity index (χ0) is 49.9. The molecule has 3 aliphatic heterocycles. The van der Waals surface area contributed by atoms with Gasteiger partial charge < -0.3 is 23.6 Å². The van der Waals surface area contributed by atoms with Gasteiger partial charge in [0, 0.05) is 107 Å². The Hall–Kier alpha value is -5.12. The molecule has 3 aliphatic rings. The number of halogens is 1. The molecule has 2 atom stereocenters. The van der Waals surface area contributed by atoms with Gasteiger partial charge in [0.15, 0.2) is 9.84 Å². The average Bonchev–Trinajstić information content (AvgIpc) is 3.94. The predicted octanol–water partition coefficient (Wildman–Crippen LogP) is 11.0. The Morgan fingerprint density at radius 3 is 2.11 bits per heavy atom. The molecule has 0 unspecified atom stereocenters. The van der Waals surface area contributed by atoms with Gasteiger partial charge >= 0.3 is 7.52 Å². The number of nitro benzene ring substituents is 1. The number of morpholine rings is 1. The summed E-state index contributed by atoms with van der Waals surface area (Å²) in [6, 6.07) is 39.0. The van der Waals surface area contributed by atoms with Crippen LogP contribution in [0.15, 0.2) is 131 Å². The SMILES string of the molecule is Cc1c(S(C)(=O)=O)c(-c2cccc(N3CCN(c4ccc(N5CCO[P@]5(=O)c5ccc(C[C@H](CCN6CCOCC6)CSc6ccccc6)c([N+](=O)[O-])c5)cc4)CC3)c2)c(-c2ccc(Cl)cc2)n1C(C)C. The smallest absolute Gasteiger partial charge is 0.326 e. The van der Waals surface area contributed by atoms with Crippen LogP contribution >= 0.6 is 30.9 Å². The van der Waals surface area contributed by atoms with E-state index < -0.39 is 17.4 Å². The largest absolute Gasteiger partial charge is 0.379 e. The molecule has 5 aromatic carbocycles. The van der Waals surface area contributed by atoms with E-state index in [1.165, 1.54) is 17.2 Å². The molecular formula is C54H62ClN6O7PS2. The van der Waals surface area contributed by atoms with Crippen molar-refractivity contribution in [3.05, 3.63) is 148 Å². The first kappa shape index (κ1) is 50.8. The fourth-order valence-corrected chi connectivity index (χ4v) is 15.0. The molecule has 4 heterocycles. The van der Waals surface area contributed by atoms with E-state index in [1.807, 2.05) is 85.8 Å². The van der Waals surface area contributed by atoms with E-state index in [0.29, 0.717) is 45.0 Å². The number of benzene rings is 5. The molecule has 17 heteroatoms. The highest BCUT2D eigenvalue weighted by molar-refractivity contribution is 7.99. The Labute approximate surface area is 427 Å². The minimum atomic E-state index is -3.67. The van der Waals surface area contributed by atoms with Crippen LogP contribution in [-0.4, -0.2) is 107 Å². The molecule has 13 nitrogen and oxygen atoms in total. The van der Waals surface area contributed by atoms with Crippen LogP contribution in [-0.2, 0) is 30.1 Å². The van der Waals surface area contributed by atoms with Crippen LogP contribution in [0.4, 0.5) is 22.7 Å². The Morgan fingerprint density at radius 2 is 1.45 bits per heavy atom. The number of hydrogen-bond donors (Lipinski definition) is 0. The summed E-state index contributed by atoms with van der Waals surface area (Å²) >= 11 is 8.08. The second-order valence-corrected chi connectivity index (χ2v) is 24.7. The van der Waals surface area contributed by atoms with E-state index in [2.05, 4.69) is 57.4 Å². The van der Waals surface area contributed by atoms with Crippen molar-refractivity contribution in [2.24, 2.45) is 5.92 Å². The fourth-order valence-electron chi connectivity index (χ4n) is 10.4. The number of ether oxygens (including phenoxy) is 1. The quantitative estimate of drug-likeness (QED) is 0.0373. The van der Waals surface area contributed by atoms with Crippen molar-refractivity contribution in [1.82, 2.24) is 9.47 Å². The van der Waals surface area contributed by atoms with E-state index in [1.54, 1.807) is 28.6 Å². The summed E-state index contributed by atoms with van der Waals surface area (Å²) in [6.45, 7) is 13.7. The van der Waals surface area contributed by atoms with Crippen LogP contribution < -0.4 is 19.8 Å². The average molecular weight is 1040 g/mol. The summed E-state index contributed by atoms with van der Waals surface area (Å²) in [6.07, 6.45) is 2.71. The molecular weight excluding hydrogens is 975 g/mol. The molecule has 0 aliphatic carbocycles. The van der Waals surface area contributed by atoms with E-state index in [-0.39, 0.29) is 29.2 Å². The standard InChI is InChI=1S/C54H62ClN6O7PS2/c1-39(2)60-40(3)54(71(4,65)66)52(53(60)42-13-16-45(55)17-14-42)44-9-8-10-48(36-44)58-27-25-57(26-28-58)46-18-20-47(21-19-46)59-31-34-68-69(59,64)49-22-15-43(51(37-49)61(62)63)35-41(23-24-56-29-32-67-33-30-56)38-70-50-11-6-5-7-12-50/h5-22,36-37,39,41H,23-35,38H2,1-4H3/t41-,69+/m0/s1. The third kappa shape index (κ3) is 11.3. The van der Waals surface area contributed by atoms with Crippen molar-refractivity contribution < 1.29 is 27.2 Å². The summed E-state index contributed by atoms with van der Waals surface area (Å²) in [4.78, 5) is 20.9. The summed E-state index contributed by atoms with van der Waals surface area (Å²) < 4.78 is 57.5. The molecule has 374 valence electrons. The molecule has 0 spiro atoms. The third-order valence-electron chi connectivity index (χ3n) is 13.9. The predicted molar refractivity (Wildman–Crippen MR) is 289 cm³/mol. The van der Waals surface area contributed by atoms with Crippen molar-refractivity contribution in [1.29, 1.82) is 0 Å². The molecule has 0 radical (unpaired) electrons. The normalized spacial score (nSPS) is 18.4. The van der Waals surface area contributed by atoms with Crippen molar-refractivity contribution >= 4 is 68.8 Å². The maximum atomic E-state index is 14.9. The first-order valence-electron chi connectivity index (χ1n) is 24.4. The van der Waals surface area contributed by atoms with Crippen LogP contribution in [0.1, 0.15) is 37.6 Å². The Kier molecular flexibility index (Phi) is 15.7. The zero-order valence-corrected chi connectivity index (χ0v) is 44.1. The second kappa shape index (κ2) is 21.9. The Morgan fingerprint density at radius 1 is 0.775 bits per heavy atom. The number of hydrogen-bond acceptors (Lipinski definition) is 11. The number of nitrogens with zero attached hydrogens (tertiary/aromatic N) is 6. The molecule has 71 heavy (non-hydrogen) atoms. The van der Waals surface area contributed by atoms with Crippen molar-refractivity contribution in [3.8, 4) is 22.4 Å². The van der Waals surface area contributed by atoms with Crippen molar-refractivity contribution in [2.45, 2.75) is 49.4 Å². The van der Waals surface area contributed by atoms with Gasteiger partial charge in [0.25, 0.3) is 5.69 Å². The molecule has 9 rings (SSSR count). The molecule has 3 fully saturated rings. The minimum absolute atomic E-state index is 0.00459. The highest BCUT2D eigenvalue weighted by Gasteiger charge is 2.41. The van der Waals surface area contributed by atoms with Gasteiger partial charge in [-0.3, -0.25) is 24.2 Å². The minimum Gasteiger partial charge on any atom is -0.379 e. The van der Waals surface area contributed by atoms with E-state index in [0.717, 1.165) is 105 Å². The number of anilines is 3. The van der Waals surface area contributed by atoms with Gasteiger partial charge in [-0.2, -0.15) is 0 Å². The summed E-state index contributed by atoms with van der Waals surface area (Å²) in [5, 5.41) is 13.7. The van der Waals surface area contributed by atoms with Crippen LogP contribution in [0.5, 0.6) is 0 Å². The lowest BCUT2D eigenvalue weighted by molar-refractivity contribution is -0.385. The van der Waals surface area contributed by atoms with Gasteiger partial charge in [-0.05, 0) is 124 Å². The lowest BCUT2D eigenvalue weighted by Gasteiger charge is -2.37. The summed E-state index contributed by atoms with van der Waals surface area (Å²) in [7, 11) is -7.29. The summed E-state index contributed by atoms with van der Waals surface area (Å²) in [5.74, 6) is 1.000. The zero-order valence-electron chi connectivity index (χ0n) is 40.8. The molecule has 3 saturated heterocycles. The van der Waals surface area contributed by atoms with E-state index >= 15 is 0 Å². The molecule has 1 aromatic heterocycles. The van der Waals surface area contributed by atoms with Gasteiger partial charge in [0.2, 0.25) is 0 Å². The first-order valence-corrected chi connectivity index (χ1v) is 29.2. The van der Waals surface area contributed by atoms with E-state index in [9.17, 15) is 23.1 Å². The van der Waals surface area contributed by atoms with Crippen LogP contribution in [0.2, 0.25) is 5.02 Å². The lowest BCUT2D eigenvalue weighted by atomic mass is 9.96. The Balaban J connectivity index is 0.894. The first-order chi connectivity index (χ1) is 34.2. The maximum Gasteiger partial charge on any atom is 0.326 e. The number of piperazine rings is 1. The maximum absolute atomic E-state index is 14.9. The monoisotopic (exact) mass is 1040 g/mol. The number of rotatable bonds is 17. The van der Waals surface area contributed by atoms with Crippen LogP contribution in [0, 0.1) is 23.0 Å². The van der Waals surface area contributed by atoms with Crippen molar-refractivity contribution in [3.63, 3.8) is 0 Å². The highest BCUT2D eigenvalue weighted by atomic mass is 35.5. The van der Waals surface area contributed by atoms with Gasteiger partial charge in [-0.25, -0.2) is 8.42 Å². The lowest BCUT2D eigenvalue weighted by Crippen LogP contribution is -2.46. The van der Waals surface area contributed by atoms with Gasteiger partial charge in [0.1, 0.15) is 0 Å². The van der Waals surface area contributed by atoms with Gasteiger partial charge in [-0.1, -0.05) is 60.1 Å². The molecule has 0 bridgehead atoms. The molecule has 0 amide bonds. The molecule has 6 aromatic rings. The number of thioether (sulfide) groups is 1. The van der Waals surface area contributed by atoms with Crippen LogP contribution in [0.25, 0.3) is 22.4 Å². The van der Waals surface area contributed by atoms with E-state index in [4.69, 9.17) is 20.9 Å². The van der Waals surface area contributed by atoms with Gasteiger partial charge in [0.05, 0.1) is 47.2 Å². The third-order valence-corrected chi connectivity index (χ3v) is 19.1. The van der Waals surface area contributed by atoms with Crippen molar-refractivity contribution in [2.75, 3.05) is 98.7 Å². The number of sulfone groups is 1. The van der Waals surface area contributed by atoms with Crippen LogP contribution in [0.3, 0.4) is 0 Å². The second-order valence-electron chi connectivity index (χ2n) is 18.9. The molecule has 0 saturated carbocycles. The van der Waals surface area contributed by atoms with Gasteiger partial charge in [-0.15, -0.1) is 11.8 Å². The highest BCUT2D eigenvalue weighted by Crippen LogP contribution is 2.56. The number of aromatic nitrogens is 1.